The Morgan fingerprint density at radius 3 is 2.29 bits per heavy atom. The first-order chi connectivity index (χ1) is 9.81. The van der Waals surface area contributed by atoms with Gasteiger partial charge in [0.15, 0.2) is 0 Å². The number of nitrogens with one attached hydrogen (secondary N) is 1. The van der Waals surface area contributed by atoms with Gasteiger partial charge in [0.25, 0.3) is 10.0 Å². The van der Waals surface area contributed by atoms with Crippen molar-refractivity contribution in [3.05, 3.63) is 35.7 Å². The summed E-state index contributed by atoms with van der Waals surface area (Å²) in [7, 11) is -2.38. The molecule has 0 aliphatic heterocycles. The predicted octanol–water partition coefficient (Wildman–Crippen LogP) is 1.49. The lowest BCUT2D eigenvalue weighted by atomic mass is 10.3. The van der Waals surface area contributed by atoms with E-state index in [-0.39, 0.29) is 16.5 Å². The van der Waals surface area contributed by atoms with E-state index >= 15 is 0 Å². The monoisotopic (exact) mass is 308 g/mol. The fourth-order valence-electron chi connectivity index (χ4n) is 1.84. The number of nitrogens with zero attached hydrogens (tertiary/aromatic N) is 2. The number of sulfonamides is 1. The van der Waals surface area contributed by atoms with E-state index in [4.69, 9.17) is 10.5 Å². The molecule has 0 aliphatic carbocycles. The number of benzene rings is 1. The fraction of sp³-hybridized carbons (Fsp3) is 0.231. The first-order valence-electron chi connectivity index (χ1n) is 6.10. The predicted molar refractivity (Wildman–Crippen MR) is 79.7 cm³/mol. The molecule has 7 nitrogen and oxygen atoms in total. The number of anilines is 2. The zero-order valence-corrected chi connectivity index (χ0v) is 12.7. The summed E-state index contributed by atoms with van der Waals surface area (Å²) in [6.07, 6.45) is 0. The Kier molecular flexibility index (Phi) is 3.99. The van der Waals surface area contributed by atoms with Crippen molar-refractivity contribution in [3.63, 3.8) is 0 Å². The topological polar surface area (TPSA) is 107 Å². The van der Waals surface area contributed by atoms with Gasteiger partial charge in [-0.15, -0.1) is 0 Å². The number of rotatable bonds is 4. The van der Waals surface area contributed by atoms with E-state index in [9.17, 15) is 8.42 Å². The van der Waals surface area contributed by atoms with Crippen LogP contribution in [-0.2, 0) is 10.0 Å². The Morgan fingerprint density at radius 2 is 1.76 bits per heavy atom. The van der Waals surface area contributed by atoms with Gasteiger partial charge in [-0.1, -0.05) is 0 Å². The van der Waals surface area contributed by atoms with Crippen LogP contribution in [0.15, 0.2) is 29.2 Å². The third-order valence-electron chi connectivity index (χ3n) is 2.71. The highest BCUT2D eigenvalue weighted by Gasteiger charge is 2.19. The van der Waals surface area contributed by atoms with Gasteiger partial charge in [-0.05, 0) is 32.0 Å². The summed E-state index contributed by atoms with van der Waals surface area (Å²) in [5, 5.41) is 0. The van der Waals surface area contributed by atoms with Crippen LogP contribution in [0.3, 0.4) is 0 Å². The smallest absolute Gasteiger partial charge is 0.266 e. The standard InChI is InChI=1S/C13H16N4O3S/c1-8-6-9(2)16-13(15-8)17-21(18,19)12-5-4-10(20-3)7-11(12)14/h4-7H,14H2,1-3H3,(H,15,16,17). The molecular weight excluding hydrogens is 292 g/mol. The van der Waals surface area contributed by atoms with Crippen molar-refractivity contribution in [1.29, 1.82) is 0 Å². The molecule has 2 rings (SSSR count). The molecule has 8 heteroatoms. The van der Waals surface area contributed by atoms with Gasteiger partial charge in [0, 0.05) is 17.5 Å². The van der Waals surface area contributed by atoms with E-state index in [1.54, 1.807) is 19.9 Å². The lowest BCUT2D eigenvalue weighted by molar-refractivity contribution is 0.414. The molecular formula is C13H16N4O3S. The van der Waals surface area contributed by atoms with Crippen LogP contribution in [-0.4, -0.2) is 25.5 Å². The summed E-state index contributed by atoms with van der Waals surface area (Å²) in [5.41, 5.74) is 7.18. The van der Waals surface area contributed by atoms with E-state index in [2.05, 4.69) is 14.7 Å². The van der Waals surface area contributed by atoms with Gasteiger partial charge >= 0.3 is 0 Å². The van der Waals surface area contributed by atoms with Gasteiger partial charge in [-0.25, -0.2) is 23.1 Å². The van der Waals surface area contributed by atoms with E-state index in [0.29, 0.717) is 17.1 Å². The quantitative estimate of drug-likeness (QED) is 0.829. The number of aromatic nitrogens is 2. The molecule has 1 aromatic carbocycles. The normalized spacial score (nSPS) is 11.2. The second kappa shape index (κ2) is 5.57. The van der Waals surface area contributed by atoms with Crippen LogP contribution in [0.25, 0.3) is 0 Å². The van der Waals surface area contributed by atoms with Crippen LogP contribution in [0.1, 0.15) is 11.4 Å². The van der Waals surface area contributed by atoms with E-state index in [0.717, 1.165) is 0 Å². The number of aryl methyl sites for hydroxylation is 2. The summed E-state index contributed by atoms with van der Waals surface area (Å²) < 4.78 is 32.0. The van der Waals surface area contributed by atoms with Crippen molar-refractivity contribution in [1.82, 2.24) is 9.97 Å². The van der Waals surface area contributed by atoms with Crippen molar-refractivity contribution in [3.8, 4) is 5.75 Å². The van der Waals surface area contributed by atoms with Crippen molar-refractivity contribution < 1.29 is 13.2 Å². The molecule has 0 fully saturated rings. The Labute approximate surface area is 123 Å². The second-order valence-corrected chi connectivity index (χ2v) is 6.13. The van der Waals surface area contributed by atoms with Crippen molar-refractivity contribution in [2.75, 3.05) is 17.6 Å². The highest BCUT2D eigenvalue weighted by molar-refractivity contribution is 7.92. The Bertz CT molecular complexity index is 755. The first kappa shape index (κ1) is 15.0. The minimum Gasteiger partial charge on any atom is -0.497 e. The maximum Gasteiger partial charge on any atom is 0.266 e. The van der Waals surface area contributed by atoms with E-state index in [1.165, 1.54) is 25.3 Å². The maximum atomic E-state index is 12.3. The molecule has 0 radical (unpaired) electrons. The Balaban J connectivity index is 2.38. The summed E-state index contributed by atoms with van der Waals surface area (Å²) >= 11 is 0. The van der Waals surface area contributed by atoms with Gasteiger partial charge in [-0.2, -0.15) is 0 Å². The van der Waals surface area contributed by atoms with Gasteiger partial charge in [0.2, 0.25) is 5.95 Å². The van der Waals surface area contributed by atoms with Crippen LogP contribution in [0.5, 0.6) is 5.75 Å². The molecule has 0 unspecified atom stereocenters. The van der Waals surface area contributed by atoms with E-state index < -0.39 is 10.0 Å². The zero-order valence-electron chi connectivity index (χ0n) is 11.9. The lowest BCUT2D eigenvalue weighted by Crippen LogP contribution is -2.17. The average Bonchev–Trinajstić information content (AvgIpc) is 2.36. The minimum atomic E-state index is -3.86. The van der Waals surface area contributed by atoms with Crippen LogP contribution in [0.2, 0.25) is 0 Å². The number of hydrogen-bond acceptors (Lipinski definition) is 6. The molecule has 1 aromatic heterocycles. The van der Waals surface area contributed by atoms with Gasteiger partial charge in [0.1, 0.15) is 10.6 Å². The summed E-state index contributed by atoms with van der Waals surface area (Å²) in [6, 6.07) is 6.09. The third-order valence-corrected chi connectivity index (χ3v) is 4.12. The molecule has 0 saturated carbocycles. The van der Waals surface area contributed by atoms with Gasteiger partial charge in [-0.3, -0.25) is 0 Å². The maximum absolute atomic E-state index is 12.3. The molecule has 0 atom stereocenters. The Hall–Kier alpha value is -2.35. The summed E-state index contributed by atoms with van der Waals surface area (Å²) in [6.45, 7) is 3.52. The fourth-order valence-corrected chi connectivity index (χ4v) is 2.90. The third kappa shape index (κ3) is 3.40. The zero-order chi connectivity index (χ0) is 15.6. The van der Waals surface area contributed by atoms with E-state index in [1.807, 2.05) is 0 Å². The molecule has 0 spiro atoms. The van der Waals surface area contributed by atoms with Crippen LogP contribution in [0, 0.1) is 13.8 Å². The minimum absolute atomic E-state index is 0.0164. The van der Waals surface area contributed by atoms with Crippen LogP contribution in [0.4, 0.5) is 11.6 Å². The number of nitrogen functional groups attached to an aromatic ring is 1. The van der Waals surface area contributed by atoms with Gasteiger partial charge in [0.05, 0.1) is 12.8 Å². The highest BCUT2D eigenvalue weighted by Crippen LogP contribution is 2.25. The SMILES string of the molecule is COc1ccc(S(=O)(=O)Nc2nc(C)cc(C)n2)c(N)c1. The second-order valence-electron chi connectivity index (χ2n) is 4.48. The summed E-state index contributed by atoms with van der Waals surface area (Å²) in [5.74, 6) is 0.497. The molecule has 1 heterocycles. The summed E-state index contributed by atoms with van der Waals surface area (Å²) in [4.78, 5) is 8.03. The molecule has 0 aliphatic rings. The van der Waals surface area contributed by atoms with Crippen LogP contribution >= 0.6 is 0 Å². The van der Waals surface area contributed by atoms with Crippen molar-refractivity contribution in [2.24, 2.45) is 0 Å². The number of hydrogen-bond donors (Lipinski definition) is 2. The van der Waals surface area contributed by atoms with Gasteiger partial charge < -0.3 is 10.5 Å². The lowest BCUT2D eigenvalue weighted by Gasteiger charge is -2.10. The highest BCUT2D eigenvalue weighted by atomic mass is 32.2. The number of nitrogens with two attached hydrogens (primary N) is 1. The molecule has 112 valence electrons. The molecule has 0 amide bonds. The molecule has 3 N–H and O–H groups in total. The molecule has 21 heavy (non-hydrogen) atoms. The first-order valence-corrected chi connectivity index (χ1v) is 7.59. The van der Waals surface area contributed by atoms with Crippen LogP contribution < -0.4 is 15.2 Å². The largest absolute Gasteiger partial charge is 0.497 e. The number of ether oxygens (including phenoxy) is 1. The van der Waals surface area contributed by atoms with Crippen molar-refractivity contribution in [2.45, 2.75) is 18.7 Å². The van der Waals surface area contributed by atoms with Crippen molar-refractivity contribution >= 4 is 21.7 Å². The average molecular weight is 308 g/mol. The molecule has 0 bridgehead atoms. The Morgan fingerprint density at radius 1 is 1.14 bits per heavy atom. The molecule has 2 aromatic rings. The molecule has 0 saturated heterocycles. The number of methoxy groups -OCH3 is 1.